The molecule has 30 heavy (non-hydrogen) atoms. The third kappa shape index (κ3) is 6.49. The Morgan fingerprint density at radius 2 is 1.70 bits per heavy atom. The zero-order valence-corrected chi connectivity index (χ0v) is 18.7. The number of ether oxygens (including phenoxy) is 2. The molecule has 0 aliphatic carbocycles. The molecule has 0 atom stereocenters. The number of halogens is 3. The van der Waals surface area contributed by atoms with Crippen LogP contribution in [0.1, 0.15) is 11.1 Å². The third-order valence-corrected chi connectivity index (χ3v) is 5.22. The Balaban J connectivity index is 1.53. The largest absolute Gasteiger partial charge is 0.488 e. The molecule has 5 nitrogen and oxygen atoms in total. The summed E-state index contributed by atoms with van der Waals surface area (Å²) in [5, 5.41) is 4.58. The zero-order chi connectivity index (χ0) is 21.3. The van der Waals surface area contributed by atoms with Crippen LogP contribution in [0, 0.1) is 0 Å². The Kier molecular flexibility index (Phi) is 8.13. The number of benzene rings is 3. The fourth-order valence-corrected chi connectivity index (χ4v) is 3.02. The van der Waals surface area contributed by atoms with Gasteiger partial charge in [-0.15, -0.1) is 0 Å². The second-order valence-electron chi connectivity index (χ2n) is 6.09. The fraction of sp³-hybridized carbons (Fsp3) is 0.0909. The second kappa shape index (κ2) is 11.0. The van der Waals surface area contributed by atoms with Gasteiger partial charge in [-0.05, 0) is 42.0 Å². The van der Waals surface area contributed by atoms with E-state index >= 15 is 0 Å². The summed E-state index contributed by atoms with van der Waals surface area (Å²) < 4.78 is 12.3. The molecule has 0 heterocycles. The quantitative estimate of drug-likeness (QED) is 0.306. The summed E-state index contributed by atoms with van der Waals surface area (Å²) in [5.74, 6) is 0.547. The first-order chi connectivity index (χ1) is 14.5. The number of hydrogen-bond acceptors (Lipinski definition) is 4. The fourth-order valence-electron chi connectivity index (χ4n) is 2.41. The molecule has 1 amide bonds. The van der Waals surface area contributed by atoms with Crippen LogP contribution in [0.2, 0.25) is 10.0 Å². The summed E-state index contributed by atoms with van der Waals surface area (Å²) in [5.41, 5.74) is 4.18. The molecule has 8 heteroatoms. The van der Waals surface area contributed by atoms with Crippen molar-refractivity contribution in [3.63, 3.8) is 0 Å². The van der Waals surface area contributed by atoms with E-state index in [2.05, 4.69) is 26.5 Å². The molecule has 0 fully saturated rings. The molecule has 0 aromatic heterocycles. The van der Waals surface area contributed by atoms with E-state index in [-0.39, 0.29) is 11.6 Å². The summed E-state index contributed by atoms with van der Waals surface area (Å²) in [7, 11) is 0. The van der Waals surface area contributed by atoms with Gasteiger partial charge in [0.1, 0.15) is 23.1 Å². The first kappa shape index (κ1) is 22.2. The van der Waals surface area contributed by atoms with E-state index in [4.69, 9.17) is 32.7 Å². The number of carbonyl (C=O) groups excluding carboxylic acids is 1. The van der Waals surface area contributed by atoms with Gasteiger partial charge in [0, 0.05) is 10.0 Å². The highest BCUT2D eigenvalue weighted by Crippen LogP contribution is 2.31. The van der Waals surface area contributed by atoms with Crippen molar-refractivity contribution < 1.29 is 14.3 Å². The van der Waals surface area contributed by atoms with E-state index < -0.39 is 5.91 Å². The van der Waals surface area contributed by atoms with Crippen LogP contribution in [0.4, 0.5) is 0 Å². The Labute approximate surface area is 192 Å². The van der Waals surface area contributed by atoms with Crippen LogP contribution >= 0.6 is 39.1 Å². The number of hydrazone groups is 1. The summed E-state index contributed by atoms with van der Waals surface area (Å²) in [6, 6.07) is 20.2. The van der Waals surface area contributed by atoms with Gasteiger partial charge in [0.25, 0.3) is 5.91 Å². The highest BCUT2D eigenvalue weighted by molar-refractivity contribution is 9.10. The van der Waals surface area contributed by atoms with Crippen molar-refractivity contribution in [1.29, 1.82) is 0 Å². The van der Waals surface area contributed by atoms with Gasteiger partial charge in [0.2, 0.25) is 0 Å². The normalized spacial score (nSPS) is 10.8. The summed E-state index contributed by atoms with van der Waals surface area (Å²) in [6.07, 6.45) is 1.52. The highest BCUT2D eigenvalue weighted by Gasteiger charge is 2.08. The van der Waals surface area contributed by atoms with E-state index in [1.807, 2.05) is 48.5 Å². The van der Waals surface area contributed by atoms with E-state index in [0.29, 0.717) is 23.1 Å². The molecule has 154 valence electrons. The molecule has 0 aliphatic rings. The van der Waals surface area contributed by atoms with Crippen molar-refractivity contribution >= 4 is 51.3 Å². The highest BCUT2D eigenvalue weighted by atomic mass is 79.9. The van der Waals surface area contributed by atoms with Crippen LogP contribution < -0.4 is 14.9 Å². The third-order valence-electron chi connectivity index (χ3n) is 3.89. The predicted octanol–water partition coefficient (Wildman–Crippen LogP) is 5.86. The van der Waals surface area contributed by atoms with Crippen molar-refractivity contribution in [1.82, 2.24) is 5.43 Å². The molecule has 0 saturated heterocycles. The smallest absolute Gasteiger partial charge is 0.277 e. The Morgan fingerprint density at radius 3 is 2.50 bits per heavy atom. The van der Waals surface area contributed by atoms with E-state index in [0.717, 1.165) is 15.6 Å². The molecule has 0 saturated carbocycles. The molecule has 0 unspecified atom stereocenters. The van der Waals surface area contributed by atoms with Crippen LogP contribution in [-0.4, -0.2) is 18.7 Å². The first-order valence-corrected chi connectivity index (χ1v) is 10.4. The van der Waals surface area contributed by atoms with Crippen molar-refractivity contribution in [2.75, 3.05) is 6.61 Å². The molecule has 0 radical (unpaired) electrons. The Bertz CT molecular complexity index is 1040. The summed E-state index contributed by atoms with van der Waals surface area (Å²) in [4.78, 5) is 12.0. The molecular formula is C22H17BrCl2N2O3. The maximum absolute atomic E-state index is 12.0. The van der Waals surface area contributed by atoms with Crippen LogP contribution in [0.3, 0.4) is 0 Å². The van der Waals surface area contributed by atoms with Gasteiger partial charge in [0.15, 0.2) is 6.61 Å². The number of rotatable bonds is 8. The minimum Gasteiger partial charge on any atom is -0.488 e. The Hall–Kier alpha value is -2.54. The lowest BCUT2D eigenvalue weighted by Crippen LogP contribution is -2.24. The lowest BCUT2D eigenvalue weighted by Gasteiger charge is -2.09. The van der Waals surface area contributed by atoms with E-state index in [9.17, 15) is 4.79 Å². The van der Waals surface area contributed by atoms with Gasteiger partial charge in [0.05, 0.1) is 11.2 Å². The summed E-state index contributed by atoms with van der Waals surface area (Å²) >= 11 is 15.4. The van der Waals surface area contributed by atoms with Crippen molar-refractivity contribution in [3.8, 4) is 11.5 Å². The Morgan fingerprint density at radius 1 is 0.967 bits per heavy atom. The number of hydrogen-bond donors (Lipinski definition) is 1. The molecule has 0 bridgehead atoms. The van der Waals surface area contributed by atoms with Crippen LogP contribution in [0.25, 0.3) is 0 Å². The maximum Gasteiger partial charge on any atom is 0.277 e. The predicted molar refractivity (Wildman–Crippen MR) is 123 cm³/mol. The van der Waals surface area contributed by atoms with Gasteiger partial charge < -0.3 is 9.47 Å². The topological polar surface area (TPSA) is 59.9 Å². The first-order valence-electron chi connectivity index (χ1n) is 8.88. The average molecular weight is 508 g/mol. The number of nitrogens with zero attached hydrogens (tertiary/aromatic N) is 1. The summed E-state index contributed by atoms with van der Waals surface area (Å²) in [6.45, 7) is 0.165. The lowest BCUT2D eigenvalue weighted by atomic mass is 10.2. The van der Waals surface area contributed by atoms with Crippen LogP contribution in [0.15, 0.2) is 76.3 Å². The van der Waals surface area contributed by atoms with Gasteiger partial charge in [-0.2, -0.15) is 5.10 Å². The minimum atomic E-state index is -0.435. The molecule has 1 N–H and O–H groups in total. The molecule has 3 rings (SSSR count). The van der Waals surface area contributed by atoms with Crippen LogP contribution in [-0.2, 0) is 11.4 Å². The van der Waals surface area contributed by atoms with E-state index in [1.165, 1.54) is 6.21 Å². The number of para-hydroxylation sites is 1. The average Bonchev–Trinajstić information content (AvgIpc) is 2.75. The van der Waals surface area contributed by atoms with E-state index in [1.54, 1.807) is 18.2 Å². The monoisotopic (exact) mass is 506 g/mol. The SMILES string of the molecule is O=C(COc1cccc(Cl)c1Cl)N/N=C/c1ccccc1OCc1ccc(Br)cc1. The maximum atomic E-state index is 12.0. The van der Waals surface area contributed by atoms with Crippen LogP contribution in [0.5, 0.6) is 11.5 Å². The zero-order valence-electron chi connectivity index (χ0n) is 15.6. The van der Waals surface area contributed by atoms with Gasteiger partial charge >= 0.3 is 0 Å². The molecule has 3 aromatic rings. The van der Waals surface area contributed by atoms with Crippen molar-refractivity contribution in [2.24, 2.45) is 5.10 Å². The van der Waals surface area contributed by atoms with Gasteiger partial charge in [-0.3, -0.25) is 4.79 Å². The molecule has 3 aromatic carbocycles. The number of nitrogens with one attached hydrogen (secondary N) is 1. The number of carbonyl (C=O) groups is 1. The molecule has 0 aliphatic heterocycles. The second-order valence-corrected chi connectivity index (χ2v) is 7.79. The molecular weight excluding hydrogens is 491 g/mol. The number of amides is 1. The van der Waals surface area contributed by atoms with Crippen molar-refractivity contribution in [2.45, 2.75) is 6.61 Å². The van der Waals surface area contributed by atoms with Crippen molar-refractivity contribution in [3.05, 3.63) is 92.4 Å². The van der Waals surface area contributed by atoms with Gasteiger partial charge in [-0.25, -0.2) is 5.43 Å². The van der Waals surface area contributed by atoms with Gasteiger partial charge in [-0.1, -0.05) is 69.5 Å². The lowest BCUT2D eigenvalue weighted by molar-refractivity contribution is -0.123. The standard InChI is InChI=1S/C22H17BrCl2N2O3/c23-17-10-8-15(9-11-17)13-29-19-6-2-1-4-16(19)12-26-27-21(28)14-30-20-7-3-5-18(24)22(20)25/h1-12H,13-14H2,(H,27,28)/b26-12+. The minimum absolute atomic E-state index is 0.251. The molecule has 0 spiro atoms.